The largest absolute Gasteiger partial charge is 0.321 e. The second-order valence-corrected chi connectivity index (χ2v) is 3.79. The van der Waals surface area contributed by atoms with Crippen molar-refractivity contribution in [2.75, 3.05) is 5.32 Å². The van der Waals surface area contributed by atoms with E-state index in [0.29, 0.717) is 12.1 Å². The van der Waals surface area contributed by atoms with E-state index in [0.717, 1.165) is 5.56 Å². The van der Waals surface area contributed by atoms with Gasteiger partial charge in [-0.15, -0.1) is 0 Å². The molecule has 6 heteroatoms. The van der Waals surface area contributed by atoms with E-state index in [9.17, 15) is 9.59 Å². The van der Waals surface area contributed by atoms with Crippen LogP contribution in [0, 0.1) is 11.3 Å². The molecule has 1 amide bonds. The molecule has 0 aliphatic rings. The van der Waals surface area contributed by atoms with Gasteiger partial charge < -0.3 is 5.32 Å². The van der Waals surface area contributed by atoms with Crippen LogP contribution in [-0.4, -0.2) is 16.1 Å². The van der Waals surface area contributed by atoms with E-state index in [1.807, 2.05) is 6.07 Å². The first kappa shape index (κ1) is 12.5. The van der Waals surface area contributed by atoms with E-state index in [1.54, 1.807) is 24.3 Å². The van der Waals surface area contributed by atoms with E-state index in [4.69, 9.17) is 5.26 Å². The van der Waals surface area contributed by atoms with Crippen LogP contribution in [0.5, 0.6) is 0 Å². The molecule has 19 heavy (non-hydrogen) atoms. The SMILES string of the molecule is N#CCc1ccc(NC(=O)c2ccc(=O)[nH]n2)cc1. The third-order valence-corrected chi connectivity index (χ3v) is 2.41. The van der Waals surface area contributed by atoms with Gasteiger partial charge in [0.05, 0.1) is 12.5 Å². The van der Waals surface area contributed by atoms with Crippen molar-refractivity contribution in [3.05, 3.63) is 58.0 Å². The molecular formula is C13H10N4O2. The van der Waals surface area contributed by atoms with Crippen molar-refractivity contribution in [1.82, 2.24) is 10.2 Å². The number of carbonyl (C=O) groups excluding carboxylic acids is 1. The number of aromatic amines is 1. The number of anilines is 1. The lowest BCUT2D eigenvalue weighted by Crippen LogP contribution is -2.17. The average molecular weight is 254 g/mol. The number of nitrogens with one attached hydrogen (secondary N) is 2. The van der Waals surface area contributed by atoms with Crippen LogP contribution in [0.25, 0.3) is 0 Å². The maximum Gasteiger partial charge on any atom is 0.276 e. The van der Waals surface area contributed by atoms with Crippen molar-refractivity contribution in [3.63, 3.8) is 0 Å². The van der Waals surface area contributed by atoms with E-state index in [1.165, 1.54) is 12.1 Å². The number of nitrogens with zero attached hydrogens (tertiary/aromatic N) is 2. The summed E-state index contributed by atoms with van der Waals surface area (Å²) in [5.41, 5.74) is 1.24. The molecule has 2 aromatic rings. The van der Waals surface area contributed by atoms with Gasteiger partial charge in [0.25, 0.3) is 11.5 Å². The van der Waals surface area contributed by atoms with E-state index in [2.05, 4.69) is 15.5 Å². The molecular weight excluding hydrogens is 244 g/mol. The van der Waals surface area contributed by atoms with Crippen molar-refractivity contribution >= 4 is 11.6 Å². The third kappa shape index (κ3) is 3.26. The summed E-state index contributed by atoms with van der Waals surface area (Å²) in [6, 6.07) is 11.6. The fourth-order valence-electron chi connectivity index (χ4n) is 1.46. The number of rotatable bonds is 3. The molecule has 1 aromatic heterocycles. The van der Waals surface area contributed by atoms with Crippen molar-refractivity contribution in [2.45, 2.75) is 6.42 Å². The molecule has 0 bridgehead atoms. The van der Waals surface area contributed by atoms with Gasteiger partial charge in [-0.3, -0.25) is 9.59 Å². The molecule has 0 aliphatic carbocycles. The topological polar surface area (TPSA) is 98.6 Å². The Labute approximate surface area is 108 Å². The molecule has 1 heterocycles. The normalized spacial score (nSPS) is 9.63. The zero-order valence-electron chi connectivity index (χ0n) is 9.88. The number of benzene rings is 1. The Hall–Kier alpha value is -2.94. The summed E-state index contributed by atoms with van der Waals surface area (Å²) < 4.78 is 0. The molecule has 0 fully saturated rings. The summed E-state index contributed by atoms with van der Waals surface area (Å²) in [5.74, 6) is -0.413. The lowest BCUT2D eigenvalue weighted by atomic mass is 10.1. The summed E-state index contributed by atoms with van der Waals surface area (Å²) >= 11 is 0. The Kier molecular flexibility index (Phi) is 3.69. The number of aromatic nitrogens is 2. The minimum atomic E-state index is -0.413. The maximum absolute atomic E-state index is 11.8. The van der Waals surface area contributed by atoms with Gasteiger partial charge in [-0.05, 0) is 23.8 Å². The number of amides is 1. The zero-order valence-corrected chi connectivity index (χ0v) is 9.88. The van der Waals surface area contributed by atoms with Crippen LogP contribution in [0.4, 0.5) is 5.69 Å². The van der Waals surface area contributed by atoms with Crippen LogP contribution in [0.2, 0.25) is 0 Å². The Morgan fingerprint density at radius 2 is 2.00 bits per heavy atom. The van der Waals surface area contributed by atoms with Crippen molar-refractivity contribution < 1.29 is 4.79 Å². The monoisotopic (exact) mass is 254 g/mol. The van der Waals surface area contributed by atoms with E-state index in [-0.39, 0.29) is 11.3 Å². The first-order valence-electron chi connectivity index (χ1n) is 5.52. The Bertz CT molecular complexity index is 663. The zero-order chi connectivity index (χ0) is 13.7. The van der Waals surface area contributed by atoms with Gasteiger partial charge >= 0.3 is 0 Å². The van der Waals surface area contributed by atoms with Crippen molar-refractivity contribution in [2.24, 2.45) is 0 Å². The van der Waals surface area contributed by atoms with Gasteiger partial charge in [0, 0.05) is 11.8 Å². The van der Waals surface area contributed by atoms with Gasteiger partial charge in [-0.2, -0.15) is 10.4 Å². The fourth-order valence-corrected chi connectivity index (χ4v) is 1.46. The Morgan fingerprint density at radius 3 is 2.58 bits per heavy atom. The number of carbonyl (C=O) groups is 1. The van der Waals surface area contributed by atoms with Gasteiger partial charge in [-0.25, -0.2) is 5.10 Å². The molecule has 0 atom stereocenters. The fraction of sp³-hybridized carbons (Fsp3) is 0.0769. The highest BCUT2D eigenvalue weighted by molar-refractivity contribution is 6.02. The van der Waals surface area contributed by atoms with Gasteiger partial charge in [0.15, 0.2) is 0 Å². The van der Waals surface area contributed by atoms with Crippen molar-refractivity contribution in [3.8, 4) is 6.07 Å². The third-order valence-electron chi connectivity index (χ3n) is 2.41. The molecule has 1 aromatic carbocycles. The molecule has 94 valence electrons. The van der Waals surface area contributed by atoms with Crippen LogP contribution in [0.15, 0.2) is 41.2 Å². The highest BCUT2D eigenvalue weighted by Crippen LogP contribution is 2.10. The summed E-state index contributed by atoms with van der Waals surface area (Å²) in [4.78, 5) is 22.6. The first-order chi connectivity index (χ1) is 9.19. The molecule has 0 aliphatic heterocycles. The Morgan fingerprint density at radius 1 is 1.26 bits per heavy atom. The first-order valence-corrected chi connectivity index (χ1v) is 5.52. The summed E-state index contributed by atoms with van der Waals surface area (Å²) in [6.45, 7) is 0. The molecule has 0 saturated carbocycles. The number of H-pyrrole nitrogens is 1. The maximum atomic E-state index is 11.8. The highest BCUT2D eigenvalue weighted by Gasteiger charge is 2.07. The molecule has 6 nitrogen and oxygen atoms in total. The molecule has 0 saturated heterocycles. The second kappa shape index (κ2) is 5.60. The molecule has 0 radical (unpaired) electrons. The minimum Gasteiger partial charge on any atom is -0.321 e. The van der Waals surface area contributed by atoms with Crippen LogP contribution >= 0.6 is 0 Å². The smallest absolute Gasteiger partial charge is 0.276 e. The predicted octanol–water partition coefficient (Wildman–Crippen LogP) is 1.09. The summed E-state index contributed by atoms with van der Waals surface area (Å²) in [5, 5.41) is 17.0. The van der Waals surface area contributed by atoms with Crippen LogP contribution < -0.4 is 10.9 Å². The van der Waals surface area contributed by atoms with Crippen LogP contribution in [0.3, 0.4) is 0 Å². The predicted molar refractivity (Wildman–Crippen MR) is 68.6 cm³/mol. The minimum absolute atomic E-state index is 0.126. The van der Waals surface area contributed by atoms with Gasteiger partial charge in [0.2, 0.25) is 0 Å². The second-order valence-electron chi connectivity index (χ2n) is 3.79. The molecule has 2 N–H and O–H groups in total. The standard InChI is InChI=1S/C13H10N4O2/c14-8-7-9-1-3-10(4-2-9)15-13(19)11-5-6-12(18)17-16-11/h1-6H,7H2,(H,15,19)(H,17,18). The quantitative estimate of drug-likeness (QED) is 0.856. The van der Waals surface area contributed by atoms with E-state index < -0.39 is 5.91 Å². The average Bonchev–Trinajstić information content (AvgIpc) is 2.42. The lowest BCUT2D eigenvalue weighted by molar-refractivity contribution is 0.102. The van der Waals surface area contributed by atoms with Crippen LogP contribution in [-0.2, 0) is 6.42 Å². The van der Waals surface area contributed by atoms with Crippen LogP contribution in [0.1, 0.15) is 16.1 Å². The van der Waals surface area contributed by atoms with Gasteiger partial charge in [-0.1, -0.05) is 12.1 Å². The molecule has 2 rings (SSSR count). The van der Waals surface area contributed by atoms with Gasteiger partial charge in [0.1, 0.15) is 5.69 Å². The van der Waals surface area contributed by atoms with Crippen molar-refractivity contribution in [1.29, 1.82) is 5.26 Å². The number of hydrogen-bond donors (Lipinski definition) is 2. The number of nitriles is 1. The summed E-state index contributed by atoms with van der Waals surface area (Å²) in [6.07, 6.45) is 0.329. The molecule has 0 unspecified atom stereocenters. The van der Waals surface area contributed by atoms with E-state index >= 15 is 0 Å². The number of hydrogen-bond acceptors (Lipinski definition) is 4. The molecule has 0 spiro atoms. The lowest BCUT2D eigenvalue weighted by Gasteiger charge is -2.04. The Balaban J connectivity index is 2.08. The summed E-state index contributed by atoms with van der Waals surface area (Å²) in [7, 11) is 0. The highest BCUT2D eigenvalue weighted by atomic mass is 16.2.